The number of anilines is 2. The second-order valence-electron chi connectivity index (χ2n) is 6.91. The van der Waals surface area contributed by atoms with E-state index in [-0.39, 0.29) is 11.8 Å². The molecule has 162 valence electrons. The van der Waals surface area contributed by atoms with Gasteiger partial charge in [0.25, 0.3) is 5.91 Å². The number of hydrogen-bond donors (Lipinski definition) is 1. The molecule has 0 aliphatic carbocycles. The number of benzene rings is 2. The molecule has 2 amide bonds. The van der Waals surface area contributed by atoms with E-state index in [4.69, 9.17) is 4.74 Å². The van der Waals surface area contributed by atoms with Gasteiger partial charge in [0.05, 0.1) is 7.11 Å². The zero-order valence-corrected chi connectivity index (χ0v) is 18.4. The van der Waals surface area contributed by atoms with Crippen LogP contribution in [-0.2, 0) is 4.79 Å². The van der Waals surface area contributed by atoms with Crippen molar-refractivity contribution in [2.24, 2.45) is 0 Å². The van der Waals surface area contributed by atoms with Crippen LogP contribution in [0.1, 0.15) is 41.9 Å². The first-order chi connectivity index (χ1) is 15.5. The minimum atomic E-state index is -0.265. The van der Waals surface area contributed by atoms with Crippen LogP contribution in [0.4, 0.5) is 11.4 Å². The van der Waals surface area contributed by atoms with E-state index < -0.39 is 0 Å². The van der Waals surface area contributed by atoms with Crippen molar-refractivity contribution in [1.82, 2.24) is 4.98 Å². The van der Waals surface area contributed by atoms with E-state index in [0.717, 1.165) is 5.69 Å². The van der Waals surface area contributed by atoms with Crippen LogP contribution in [-0.4, -0.2) is 30.5 Å². The van der Waals surface area contributed by atoms with Crippen molar-refractivity contribution in [3.8, 4) is 17.6 Å². The van der Waals surface area contributed by atoms with Gasteiger partial charge in [-0.1, -0.05) is 18.9 Å². The van der Waals surface area contributed by atoms with Crippen LogP contribution < -0.4 is 15.0 Å². The van der Waals surface area contributed by atoms with Crippen LogP contribution >= 0.6 is 0 Å². The summed E-state index contributed by atoms with van der Waals surface area (Å²) in [5, 5.41) is 2.89. The zero-order chi connectivity index (χ0) is 22.9. The van der Waals surface area contributed by atoms with Gasteiger partial charge < -0.3 is 15.0 Å². The van der Waals surface area contributed by atoms with Gasteiger partial charge in [0.2, 0.25) is 5.91 Å². The maximum absolute atomic E-state index is 12.8. The van der Waals surface area contributed by atoms with E-state index in [1.807, 2.05) is 32.0 Å². The summed E-state index contributed by atoms with van der Waals surface area (Å²) in [7, 11) is 1.56. The predicted molar refractivity (Wildman–Crippen MR) is 126 cm³/mol. The first kappa shape index (κ1) is 22.6. The highest BCUT2D eigenvalue weighted by molar-refractivity contribution is 6.05. The number of nitrogens with zero attached hydrogens (tertiary/aromatic N) is 2. The average Bonchev–Trinajstić information content (AvgIpc) is 2.84. The maximum atomic E-state index is 12.8. The molecular formula is C26H25N3O3. The molecule has 3 rings (SSSR count). The summed E-state index contributed by atoms with van der Waals surface area (Å²) in [6.45, 7) is 4.32. The van der Waals surface area contributed by atoms with E-state index in [9.17, 15) is 9.59 Å². The molecule has 0 spiro atoms. The Hall–Kier alpha value is -4.11. The molecule has 1 N–H and O–H groups in total. The van der Waals surface area contributed by atoms with Crippen molar-refractivity contribution in [3.63, 3.8) is 0 Å². The Labute approximate surface area is 188 Å². The van der Waals surface area contributed by atoms with Crippen molar-refractivity contribution >= 4 is 23.2 Å². The molecule has 0 bridgehead atoms. The van der Waals surface area contributed by atoms with Gasteiger partial charge in [0.1, 0.15) is 11.4 Å². The number of rotatable bonds is 6. The van der Waals surface area contributed by atoms with Gasteiger partial charge in [-0.15, -0.1) is 0 Å². The van der Waals surface area contributed by atoms with E-state index in [1.165, 1.54) is 0 Å². The van der Waals surface area contributed by atoms with E-state index >= 15 is 0 Å². The van der Waals surface area contributed by atoms with Crippen molar-refractivity contribution in [2.75, 3.05) is 23.9 Å². The molecule has 2 aromatic carbocycles. The lowest BCUT2D eigenvalue weighted by Crippen LogP contribution is -2.29. The predicted octanol–water partition coefficient (Wildman–Crippen LogP) is 4.51. The SMILES string of the molecule is CCC(=O)N(CC)c1ccc(C(=O)Nc2cc(C#Cc3ccccn3)cc(OC)c2)cc1. The number of carbonyl (C=O) groups excluding carboxylic acids is 2. The monoisotopic (exact) mass is 427 g/mol. The van der Waals surface area contributed by atoms with E-state index in [0.29, 0.717) is 41.2 Å². The third-order valence-electron chi connectivity index (χ3n) is 4.76. The highest BCUT2D eigenvalue weighted by Crippen LogP contribution is 2.22. The summed E-state index contributed by atoms with van der Waals surface area (Å²) in [6, 6.07) is 17.8. The first-order valence-corrected chi connectivity index (χ1v) is 10.4. The average molecular weight is 428 g/mol. The Morgan fingerprint density at radius 2 is 1.81 bits per heavy atom. The fraction of sp³-hybridized carbons (Fsp3) is 0.192. The maximum Gasteiger partial charge on any atom is 0.255 e. The number of hydrogen-bond acceptors (Lipinski definition) is 4. The number of amides is 2. The van der Waals surface area contributed by atoms with Crippen LogP contribution in [0.25, 0.3) is 0 Å². The molecule has 0 aliphatic rings. The van der Waals surface area contributed by atoms with Gasteiger partial charge in [-0.25, -0.2) is 4.98 Å². The second-order valence-corrected chi connectivity index (χ2v) is 6.91. The second kappa shape index (κ2) is 10.8. The fourth-order valence-electron chi connectivity index (χ4n) is 3.12. The van der Waals surface area contributed by atoms with Crippen molar-refractivity contribution in [2.45, 2.75) is 20.3 Å². The molecule has 3 aromatic rings. The zero-order valence-electron chi connectivity index (χ0n) is 18.4. The normalized spacial score (nSPS) is 9.97. The highest BCUT2D eigenvalue weighted by Gasteiger charge is 2.13. The fourth-order valence-corrected chi connectivity index (χ4v) is 3.12. The molecule has 32 heavy (non-hydrogen) atoms. The van der Waals surface area contributed by atoms with E-state index in [1.54, 1.807) is 60.7 Å². The van der Waals surface area contributed by atoms with Crippen LogP contribution in [0.3, 0.4) is 0 Å². The number of nitrogens with one attached hydrogen (secondary N) is 1. The Bertz CT molecular complexity index is 1150. The molecule has 0 saturated carbocycles. The molecule has 0 unspecified atom stereocenters. The van der Waals surface area contributed by atoms with Crippen molar-refractivity contribution < 1.29 is 14.3 Å². The van der Waals surface area contributed by atoms with Gasteiger partial charge in [-0.3, -0.25) is 9.59 Å². The standard InChI is InChI=1S/C26H25N3O3/c1-4-25(30)29(5-2)23-13-10-20(11-14-23)26(31)28-22-16-19(17-24(18-22)32-3)9-12-21-8-6-7-15-27-21/h6-8,10-11,13-18H,4-5H2,1-3H3,(H,28,31). The summed E-state index contributed by atoms with van der Waals surface area (Å²) in [4.78, 5) is 30.7. The molecule has 6 heteroatoms. The summed E-state index contributed by atoms with van der Waals surface area (Å²) < 4.78 is 5.35. The number of carbonyl (C=O) groups is 2. The summed E-state index contributed by atoms with van der Waals surface area (Å²) >= 11 is 0. The lowest BCUT2D eigenvalue weighted by molar-refractivity contribution is -0.118. The minimum absolute atomic E-state index is 0.0421. The first-order valence-electron chi connectivity index (χ1n) is 10.4. The molecule has 6 nitrogen and oxygen atoms in total. The number of methoxy groups -OCH3 is 1. The molecular weight excluding hydrogens is 402 g/mol. The highest BCUT2D eigenvalue weighted by atomic mass is 16.5. The molecule has 0 atom stereocenters. The largest absolute Gasteiger partial charge is 0.497 e. The molecule has 0 fully saturated rings. The van der Waals surface area contributed by atoms with Gasteiger partial charge in [0, 0.05) is 47.7 Å². The third-order valence-corrected chi connectivity index (χ3v) is 4.76. The minimum Gasteiger partial charge on any atom is -0.497 e. The lowest BCUT2D eigenvalue weighted by atomic mass is 10.1. The Balaban J connectivity index is 1.78. The quantitative estimate of drug-likeness (QED) is 0.588. The van der Waals surface area contributed by atoms with Crippen LogP contribution in [0, 0.1) is 11.8 Å². The number of aromatic nitrogens is 1. The van der Waals surface area contributed by atoms with Gasteiger partial charge in [-0.05, 0) is 61.4 Å². The van der Waals surface area contributed by atoms with Crippen molar-refractivity contribution in [3.05, 3.63) is 83.7 Å². The Morgan fingerprint density at radius 1 is 1.03 bits per heavy atom. The Kier molecular flexibility index (Phi) is 7.60. The molecule has 0 saturated heterocycles. The smallest absolute Gasteiger partial charge is 0.255 e. The summed E-state index contributed by atoms with van der Waals surface area (Å²) in [6.07, 6.45) is 2.11. The molecule has 0 aliphatic heterocycles. The summed E-state index contributed by atoms with van der Waals surface area (Å²) in [5.41, 5.74) is 3.17. The van der Waals surface area contributed by atoms with Crippen LogP contribution in [0.2, 0.25) is 0 Å². The number of pyridine rings is 1. The van der Waals surface area contributed by atoms with Gasteiger partial charge in [-0.2, -0.15) is 0 Å². The van der Waals surface area contributed by atoms with Crippen LogP contribution in [0.15, 0.2) is 66.9 Å². The van der Waals surface area contributed by atoms with Crippen molar-refractivity contribution in [1.29, 1.82) is 0 Å². The Morgan fingerprint density at radius 3 is 2.44 bits per heavy atom. The third kappa shape index (κ3) is 5.73. The van der Waals surface area contributed by atoms with Gasteiger partial charge >= 0.3 is 0 Å². The topological polar surface area (TPSA) is 71.5 Å². The number of ether oxygens (including phenoxy) is 1. The molecule has 1 aromatic heterocycles. The van der Waals surface area contributed by atoms with Gasteiger partial charge in [0.15, 0.2) is 0 Å². The molecule has 0 radical (unpaired) electrons. The lowest BCUT2D eigenvalue weighted by Gasteiger charge is -2.20. The molecule has 1 heterocycles. The summed E-state index contributed by atoms with van der Waals surface area (Å²) in [5.74, 6) is 6.41. The van der Waals surface area contributed by atoms with Crippen LogP contribution in [0.5, 0.6) is 5.75 Å². The van der Waals surface area contributed by atoms with E-state index in [2.05, 4.69) is 22.1 Å².